The van der Waals surface area contributed by atoms with Gasteiger partial charge in [-0.3, -0.25) is 0 Å². The molecule has 66 valence electrons. The summed E-state index contributed by atoms with van der Waals surface area (Å²) in [6.07, 6.45) is 0. The Bertz CT molecular complexity index is 544. The zero-order valence-electron chi connectivity index (χ0n) is 7.60. The van der Waals surface area contributed by atoms with Crippen LogP contribution in [-0.2, 0) is 0 Å². The minimum absolute atomic E-state index is 0.522. The Labute approximate surface area is 88.6 Å². The van der Waals surface area contributed by atoms with Crippen LogP contribution in [0, 0.1) is 0 Å². The van der Waals surface area contributed by atoms with Crippen molar-refractivity contribution in [2.75, 3.05) is 0 Å². The molecule has 0 bridgehead atoms. The monoisotopic (exact) mass is 245 g/mol. The fourth-order valence-corrected chi connectivity index (χ4v) is 3.38. The first kappa shape index (κ1) is 8.16. The number of hydrogen-bond acceptors (Lipinski definition) is 0. The topological polar surface area (TPSA) is 0 Å². The van der Waals surface area contributed by atoms with E-state index in [1.807, 2.05) is 0 Å². The summed E-state index contributed by atoms with van der Waals surface area (Å²) in [7, 11) is 0. The number of fused-ring (bicyclic) bond motifs is 3. The van der Waals surface area contributed by atoms with Crippen LogP contribution >= 0.6 is 0 Å². The molecule has 0 nitrogen and oxygen atoms in total. The standard InChI is InChI=1S/C13H9Se/c1-2-5-11-10(4-1)7-8-13-12(11)6-3-9-14-13/h1-9H/q+1. The van der Waals surface area contributed by atoms with Crippen molar-refractivity contribution in [1.82, 2.24) is 0 Å². The molecule has 0 spiro atoms. The third-order valence-electron chi connectivity index (χ3n) is 2.47. The minimum atomic E-state index is 0.522. The first-order valence-corrected chi connectivity index (χ1v) is 6.48. The Morgan fingerprint density at radius 3 is 2.57 bits per heavy atom. The summed E-state index contributed by atoms with van der Waals surface area (Å²) in [6.45, 7) is 0. The van der Waals surface area contributed by atoms with Crippen LogP contribution in [0.1, 0.15) is 0 Å². The molecule has 0 radical (unpaired) electrons. The summed E-state index contributed by atoms with van der Waals surface area (Å²) in [4.78, 5) is 2.27. The van der Waals surface area contributed by atoms with E-state index in [1.165, 1.54) is 20.4 Å². The number of hydrogen-bond donors (Lipinski definition) is 0. The van der Waals surface area contributed by atoms with Gasteiger partial charge in [0, 0.05) is 0 Å². The van der Waals surface area contributed by atoms with E-state index in [4.69, 9.17) is 0 Å². The summed E-state index contributed by atoms with van der Waals surface area (Å²) >= 11 is 0.522. The molecule has 0 aliphatic rings. The molecule has 1 heteroatoms. The van der Waals surface area contributed by atoms with Gasteiger partial charge >= 0.3 is 88.4 Å². The molecule has 0 atom stereocenters. The molecule has 0 unspecified atom stereocenters. The van der Waals surface area contributed by atoms with E-state index >= 15 is 0 Å². The Balaban J connectivity index is 2.61. The van der Waals surface area contributed by atoms with Gasteiger partial charge in [-0.25, -0.2) is 0 Å². The predicted molar refractivity (Wildman–Crippen MR) is 62.8 cm³/mol. The van der Waals surface area contributed by atoms with Gasteiger partial charge in [-0.15, -0.1) is 0 Å². The van der Waals surface area contributed by atoms with Crippen LogP contribution in [0.2, 0.25) is 0 Å². The fraction of sp³-hybridized carbons (Fsp3) is 0. The molecule has 0 aliphatic carbocycles. The van der Waals surface area contributed by atoms with Crippen LogP contribution in [0.4, 0.5) is 0 Å². The van der Waals surface area contributed by atoms with Crippen LogP contribution in [0.25, 0.3) is 20.4 Å². The molecule has 1 heterocycles. The van der Waals surface area contributed by atoms with Crippen molar-refractivity contribution in [1.29, 1.82) is 0 Å². The maximum absolute atomic E-state index is 2.27. The molecule has 3 aromatic rings. The van der Waals surface area contributed by atoms with Crippen molar-refractivity contribution in [3.63, 3.8) is 0 Å². The first-order valence-electron chi connectivity index (χ1n) is 4.63. The number of rotatable bonds is 0. The van der Waals surface area contributed by atoms with E-state index in [1.54, 1.807) is 0 Å². The molecular formula is C13H9Se+. The van der Waals surface area contributed by atoms with E-state index < -0.39 is 0 Å². The van der Waals surface area contributed by atoms with E-state index in [0.29, 0.717) is 14.5 Å². The van der Waals surface area contributed by atoms with Gasteiger partial charge < -0.3 is 0 Å². The second-order valence-corrected chi connectivity index (χ2v) is 5.30. The average molecular weight is 244 g/mol. The van der Waals surface area contributed by atoms with E-state index in [2.05, 4.69) is 53.5 Å². The molecule has 14 heavy (non-hydrogen) atoms. The third kappa shape index (κ3) is 1.18. The van der Waals surface area contributed by atoms with Gasteiger partial charge in [0.25, 0.3) is 0 Å². The Kier molecular flexibility index (Phi) is 1.86. The molecule has 3 rings (SSSR count). The second-order valence-electron chi connectivity index (χ2n) is 3.31. The van der Waals surface area contributed by atoms with Crippen molar-refractivity contribution < 1.29 is 0 Å². The molecule has 0 fully saturated rings. The van der Waals surface area contributed by atoms with Gasteiger partial charge in [-0.1, -0.05) is 0 Å². The summed E-state index contributed by atoms with van der Waals surface area (Å²) in [5.74, 6) is 0. The molecule has 0 amide bonds. The summed E-state index contributed by atoms with van der Waals surface area (Å²) in [5.41, 5.74) is 0. The summed E-state index contributed by atoms with van der Waals surface area (Å²) < 4.78 is 1.50. The SMILES string of the molecule is c1ccc2c(c1)ccc1[se+]cccc12. The van der Waals surface area contributed by atoms with Gasteiger partial charge in [0.15, 0.2) is 0 Å². The Morgan fingerprint density at radius 1 is 0.714 bits per heavy atom. The van der Waals surface area contributed by atoms with Gasteiger partial charge in [-0.05, 0) is 0 Å². The molecule has 1 aromatic heterocycles. The van der Waals surface area contributed by atoms with Crippen molar-refractivity contribution in [2.24, 2.45) is 0 Å². The third-order valence-corrected chi connectivity index (χ3v) is 4.36. The van der Waals surface area contributed by atoms with Crippen molar-refractivity contribution in [3.8, 4) is 0 Å². The molecule has 0 N–H and O–H groups in total. The van der Waals surface area contributed by atoms with E-state index in [9.17, 15) is 0 Å². The van der Waals surface area contributed by atoms with Crippen LogP contribution in [0.15, 0.2) is 53.5 Å². The summed E-state index contributed by atoms with van der Waals surface area (Å²) in [6, 6.07) is 17.5. The zero-order valence-corrected chi connectivity index (χ0v) is 9.32. The van der Waals surface area contributed by atoms with E-state index in [-0.39, 0.29) is 0 Å². The fourth-order valence-electron chi connectivity index (χ4n) is 1.80. The maximum atomic E-state index is 2.27. The summed E-state index contributed by atoms with van der Waals surface area (Å²) in [5, 5.41) is 4.15. The average Bonchev–Trinajstić information content (AvgIpc) is 2.29. The van der Waals surface area contributed by atoms with Crippen molar-refractivity contribution in [2.45, 2.75) is 0 Å². The van der Waals surface area contributed by atoms with Crippen LogP contribution in [0.3, 0.4) is 0 Å². The van der Waals surface area contributed by atoms with Gasteiger partial charge in [0.2, 0.25) is 0 Å². The Morgan fingerprint density at radius 2 is 1.57 bits per heavy atom. The van der Waals surface area contributed by atoms with E-state index in [0.717, 1.165) is 0 Å². The van der Waals surface area contributed by atoms with Crippen LogP contribution in [0.5, 0.6) is 0 Å². The quantitative estimate of drug-likeness (QED) is 0.420. The molecule has 0 aliphatic heterocycles. The van der Waals surface area contributed by atoms with Crippen LogP contribution < -0.4 is 0 Å². The molecular weight excluding hydrogens is 235 g/mol. The van der Waals surface area contributed by atoms with Crippen LogP contribution in [-0.4, -0.2) is 14.5 Å². The second kappa shape index (κ2) is 3.20. The molecule has 0 saturated carbocycles. The predicted octanol–water partition coefficient (Wildman–Crippen LogP) is 3.33. The first-order chi connectivity index (χ1) is 6.95. The normalized spacial score (nSPS) is 10.9. The van der Waals surface area contributed by atoms with Crippen molar-refractivity contribution in [3.05, 3.63) is 53.5 Å². The van der Waals surface area contributed by atoms with Crippen molar-refractivity contribution >= 4 is 34.9 Å². The zero-order chi connectivity index (χ0) is 9.38. The van der Waals surface area contributed by atoms with Gasteiger partial charge in [-0.2, -0.15) is 0 Å². The van der Waals surface area contributed by atoms with Gasteiger partial charge in [0.1, 0.15) is 0 Å². The van der Waals surface area contributed by atoms with Gasteiger partial charge in [0.05, 0.1) is 0 Å². The molecule has 2 aromatic carbocycles. The Hall–Kier alpha value is -1.17. The number of benzene rings is 2. The molecule has 0 saturated heterocycles.